The van der Waals surface area contributed by atoms with E-state index in [1.165, 1.54) is 0 Å². The van der Waals surface area contributed by atoms with Gasteiger partial charge in [-0.2, -0.15) is 0 Å². The smallest absolute Gasteiger partial charge is 0.310 e. The van der Waals surface area contributed by atoms with E-state index >= 15 is 0 Å². The van der Waals surface area contributed by atoms with Crippen molar-refractivity contribution in [2.24, 2.45) is 5.41 Å². The lowest BCUT2D eigenvalue weighted by Gasteiger charge is -2.27. The maximum absolute atomic E-state index is 11.8. The first kappa shape index (κ1) is 16.9. The van der Waals surface area contributed by atoms with Gasteiger partial charge in [-0.15, -0.1) is 0 Å². The van der Waals surface area contributed by atoms with E-state index in [2.05, 4.69) is 5.32 Å². The molecule has 0 aromatic heterocycles. The standard InChI is InChI=1S/C13H25NO4/c1-5-13(6-2,12(17)18)8-11(16)14-9(3)7-10(4)15/h9-10,15H,5-8H2,1-4H3,(H,14,16)(H,17,18). The summed E-state index contributed by atoms with van der Waals surface area (Å²) in [5.74, 6) is -1.19. The van der Waals surface area contributed by atoms with Crippen molar-refractivity contribution in [1.29, 1.82) is 0 Å². The molecule has 5 nitrogen and oxygen atoms in total. The molecule has 0 rings (SSSR count). The van der Waals surface area contributed by atoms with Crippen molar-refractivity contribution < 1.29 is 19.8 Å². The van der Waals surface area contributed by atoms with Crippen LogP contribution in [0.4, 0.5) is 0 Å². The van der Waals surface area contributed by atoms with E-state index in [-0.39, 0.29) is 18.4 Å². The van der Waals surface area contributed by atoms with Gasteiger partial charge in [0.1, 0.15) is 0 Å². The number of aliphatic hydroxyl groups is 1. The highest BCUT2D eigenvalue weighted by Gasteiger charge is 2.37. The van der Waals surface area contributed by atoms with Crippen LogP contribution in [0.5, 0.6) is 0 Å². The van der Waals surface area contributed by atoms with Gasteiger partial charge in [-0.3, -0.25) is 9.59 Å². The maximum Gasteiger partial charge on any atom is 0.310 e. The molecule has 2 unspecified atom stereocenters. The van der Waals surface area contributed by atoms with E-state index in [1.807, 2.05) is 0 Å². The number of hydrogen-bond acceptors (Lipinski definition) is 3. The minimum absolute atomic E-state index is 0.0144. The van der Waals surface area contributed by atoms with Crippen LogP contribution in [0.2, 0.25) is 0 Å². The summed E-state index contributed by atoms with van der Waals surface area (Å²) in [7, 11) is 0. The zero-order valence-corrected chi connectivity index (χ0v) is 11.7. The fraction of sp³-hybridized carbons (Fsp3) is 0.846. The average Bonchev–Trinajstić information content (AvgIpc) is 2.24. The summed E-state index contributed by atoms with van der Waals surface area (Å²) in [6.07, 6.45) is 0.819. The quantitative estimate of drug-likeness (QED) is 0.617. The van der Waals surface area contributed by atoms with Gasteiger partial charge in [-0.05, 0) is 33.1 Å². The molecule has 2 atom stereocenters. The molecule has 0 aliphatic carbocycles. The molecule has 1 amide bonds. The Labute approximate surface area is 109 Å². The van der Waals surface area contributed by atoms with Crippen LogP contribution in [0.1, 0.15) is 53.4 Å². The summed E-state index contributed by atoms with van der Waals surface area (Å²) in [5, 5.41) is 21.2. The van der Waals surface area contributed by atoms with E-state index in [0.29, 0.717) is 19.3 Å². The summed E-state index contributed by atoms with van der Waals surface area (Å²) in [5.41, 5.74) is -0.978. The van der Waals surface area contributed by atoms with Crippen molar-refractivity contribution in [3.8, 4) is 0 Å². The van der Waals surface area contributed by atoms with Crippen LogP contribution in [0, 0.1) is 5.41 Å². The zero-order chi connectivity index (χ0) is 14.3. The Balaban J connectivity index is 4.48. The van der Waals surface area contributed by atoms with Gasteiger partial charge in [-0.1, -0.05) is 13.8 Å². The molecule has 5 heteroatoms. The Hall–Kier alpha value is -1.10. The second-order valence-corrected chi connectivity index (χ2v) is 5.02. The van der Waals surface area contributed by atoms with E-state index in [4.69, 9.17) is 0 Å². The highest BCUT2D eigenvalue weighted by atomic mass is 16.4. The van der Waals surface area contributed by atoms with E-state index in [0.717, 1.165) is 0 Å². The lowest BCUT2D eigenvalue weighted by Crippen LogP contribution is -2.40. The van der Waals surface area contributed by atoms with Gasteiger partial charge in [0, 0.05) is 12.5 Å². The van der Waals surface area contributed by atoms with Gasteiger partial charge in [0.05, 0.1) is 11.5 Å². The minimum Gasteiger partial charge on any atom is -0.481 e. The molecule has 0 saturated carbocycles. The summed E-state index contributed by atoms with van der Waals surface area (Å²) >= 11 is 0. The summed E-state index contributed by atoms with van der Waals surface area (Å²) in [4.78, 5) is 23.1. The predicted molar refractivity (Wildman–Crippen MR) is 69.2 cm³/mol. The molecule has 0 fully saturated rings. The lowest BCUT2D eigenvalue weighted by atomic mass is 9.79. The molecule has 0 bridgehead atoms. The second-order valence-electron chi connectivity index (χ2n) is 5.02. The predicted octanol–water partition coefficient (Wildman–Crippen LogP) is 1.54. The van der Waals surface area contributed by atoms with Crippen molar-refractivity contribution >= 4 is 11.9 Å². The van der Waals surface area contributed by atoms with Gasteiger partial charge in [0.2, 0.25) is 5.91 Å². The normalized spacial score (nSPS) is 14.9. The van der Waals surface area contributed by atoms with Gasteiger partial charge in [0.15, 0.2) is 0 Å². The average molecular weight is 259 g/mol. The Morgan fingerprint density at radius 1 is 1.22 bits per heavy atom. The van der Waals surface area contributed by atoms with E-state index < -0.39 is 17.5 Å². The molecular weight excluding hydrogens is 234 g/mol. The lowest BCUT2D eigenvalue weighted by molar-refractivity contribution is -0.152. The van der Waals surface area contributed by atoms with Crippen LogP contribution >= 0.6 is 0 Å². The van der Waals surface area contributed by atoms with Crippen LogP contribution in [-0.2, 0) is 9.59 Å². The number of nitrogens with one attached hydrogen (secondary N) is 1. The van der Waals surface area contributed by atoms with Crippen LogP contribution in [0.3, 0.4) is 0 Å². The number of carbonyl (C=O) groups is 2. The SMILES string of the molecule is CCC(CC)(CC(=O)NC(C)CC(C)O)C(=O)O. The van der Waals surface area contributed by atoms with Gasteiger partial charge in [0.25, 0.3) is 0 Å². The summed E-state index contributed by atoms with van der Waals surface area (Å²) < 4.78 is 0. The third kappa shape index (κ3) is 5.04. The topological polar surface area (TPSA) is 86.6 Å². The van der Waals surface area contributed by atoms with Crippen molar-refractivity contribution in [3.63, 3.8) is 0 Å². The number of aliphatic carboxylic acids is 1. The van der Waals surface area contributed by atoms with Crippen molar-refractivity contribution in [3.05, 3.63) is 0 Å². The molecule has 0 heterocycles. The van der Waals surface area contributed by atoms with Crippen LogP contribution < -0.4 is 5.32 Å². The number of carboxylic acid groups (broad SMARTS) is 1. The number of amides is 1. The molecule has 106 valence electrons. The molecule has 0 saturated heterocycles. The minimum atomic E-state index is -0.978. The van der Waals surface area contributed by atoms with Crippen LogP contribution in [0.25, 0.3) is 0 Å². The van der Waals surface area contributed by atoms with E-state index in [1.54, 1.807) is 27.7 Å². The molecule has 0 spiro atoms. The molecular formula is C13H25NO4. The molecule has 0 radical (unpaired) electrons. The molecule has 0 aromatic carbocycles. The van der Waals surface area contributed by atoms with E-state index in [9.17, 15) is 19.8 Å². The monoisotopic (exact) mass is 259 g/mol. The number of carbonyl (C=O) groups excluding carboxylic acids is 1. The van der Waals surface area contributed by atoms with Gasteiger partial charge >= 0.3 is 5.97 Å². The Morgan fingerprint density at radius 3 is 2.06 bits per heavy atom. The molecule has 18 heavy (non-hydrogen) atoms. The van der Waals surface area contributed by atoms with Crippen molar-refractivity contribution in [1.82, 2.24) is 5.32 Å². The van der Waals surface area contributed by atoms with Crippen LogP contribution in [0.15, 0.2) is 0 Å². The van der Waals surface area contributed by atoms with Gasteiger partial charge < -0.3 is 15.5 Å². The summed E-state index contributed by atoms with van der Waals surface area (Å²) in [6, 6.07) is -0.155. The molecule has 0 aromatic rings. The van der Waals surface area contributed by atoms with Crippen molar-refractivity contribution in [2.75, 3.05) is 0 Å². The first-order chi connectivity index (χ1) is 8.27. The number of carboxylic acids is 1. The molecule has 0 aliphatic heterocycles. The Kier molecular flexibility index (Phi) is 6.91. The summed E-state index contributed by atoms with van der Waals surface area (Å²) in [6.45, 7) is 7.02. The third-order valence-electron chi connectivity index (χ3n) is 3.41. The number of rotatable bonds is 8. The van der Waals surface area contributed by atoms with Crippen molar-refractivity contribution in [2.45, 2.75) is 65.5 Å². The Morgan fingerprint density at radius 2 is 1.72 bits per heavy atom. The zero-order valence-electron chi connectivity index (χ0n) is 11.7. The highest BCUT2D eigenvalue weighted by Crippen LogP contribution is 2.30. The third-order valence-corrected chi connectivity index (χ3v) is 3.41. The fourth-order valence-corrected chi connectivity index (χ4v) is 2.08. The fourth-order valence-electron chi connectivity index (χ4n) is 2.08. The first-order valence-electron chi connectivity index (χ1n) is 6.48. The molecule has 0 aliphatic rings. The maximum atomic E-state index is 11.8. The number of aliphatic hydroxyl groups excluding tert-OH is 1. The first-order valence-corrected chi connectivity index (χ1v) is 6.48. The Bertz CT molecular complexity index is 285. The second kappa shape index (κ2) is 7.36. The largest absolute Gasteiger partial charge is 0.481 e. The number of hydrogen-bond donors (Lipinski definition) is 3. The highest BCUT2D eigenvalue weighted by molar-refractivity contribution is 5.85. The van der Waals surface area contributed by atoms with Gasteiger partial charge in [-0.25, -0.2) is 0 Å². The molecule has 3 N–H and O–H groups in total. The van der Waals surface area contributed by atoms with Crippen LogP contribution in [-0.4, -0.2) is 34.2 Å².